The van der Waals surface area contributed by atoms with Crippen LogP contribution in [0.15, 0.2) is 54.6 Å². The van der Waals surface area contributed by atoms with Gasteiger partial charge in [-0.15, -0.1) is 0 Å². The van der Waals surface area contributed by atoms with Crippen molar-refractivity contribution in [1.29, 1.82) is 0 Å². The molecule has 134 valence electrons. The van der Waals surface area contributed by atoms with Gasteiger partial charge in [-0.25, -0.2) is 4.68 Å². The second-order valence-corrected chi connectivity index (χ2v) is 7.18. The Morgan fingerprint density at radius 1 is 1.15 bits per heavy atom. The summed E-state index contributed by atoms with van der Waals surface area (Å²) in [5.41, 5.74) is 5.44. The van der Waals surface area contributed by atoms with Crippen molar-refractivity contribution in [1.82, 2.24) is 15.1 Å². The number of nitrogens with zero attached hydrogens (tertiary/aromatic N) is 2. The lowest BCUT2D eigenvalue weighted by Crippen LogP contribution is -2.28. The second kappa shape index (κ2) is 7.23. The van der Waals surface area contributed by atoms with E-state index in [-0.39, 0.29) is 6.04 Å². The average molecular weight is 368 g/mol. The van der Waals surface area contributed by atoms with Crippen molar-refractivity contribution < 1.29 is 5.11 Å². The third-order valence-electron chi connectivity index (χ3n) is 5.06. The zero-order valence-corrected chi connectivity index (χ0v) is 15.4. The first-order valence-electron chi connectivity index (χ1n) is 8.88. The van der Waals surface area contributed by atoms with Crippen molar-refractivity contribution in [2.45, 2.75) is 38.6 Å². The molecule has 0 amide bonds. The summed E-state index contributed by atoms with van der Waals surface area (Å²) in [5, 5.41) is 19.1. The number of aliphatic hydroxyl groups is 1. The molecule has 1 aliphatic carbocycles. The van der Waals surface area contributed by atoms with Gasteiger partial charge in [0, 0.05) is 18.5 Å². The number of hydrogen-bond donors (Lipinski definition) is 2. The van der Waals surface area contributed by atoms with E-state index in [1.54, 1.807) is 0 Å². The van der Waals surface area contributed by atoms with E-state index < -0.39 is 6.10 Å². The van der Waals surface area contributed by atoms with Crippen LogP contribution in [0.3, 0.4) is 0 Å². The molecular formula is C21H22ClN3O. The summed E-state index contributed by atoms with van der Waals surface area (Å²) in [6, 6.07) is 18.3. The molecule has 0 radical (unpaired) electrons. The molecule has 2 N–H and O–H groups in total. The van der Waals surface area contributed by atoms with Gasteiger partial charge in [0.1, 0.15) is 5.15 Å². The molecule has 5 heteroatoms. The SMILES string of the molecule is Cc1nn(Cc2ccccc2)c(Cl)c1CN[C@@H]1c2ccccc2C[C@@H]1O. The smallest absolute Gasteiger partial charge is 0.132 e. The van der Waals surface area contributed by atoms with E-state index in [0.29, 0.717) is 24.7 Å². The standard InChI is InChI=1S/C21H22ClN3O/c1-14-18(21(22)25(24-14)13-15-7-3-2-4-8-15)12-23-20-17-10-6-5-9-16(17)11-19(20)26/h2-10,19-20,23,26H,11-13H2,1H3/t19-,20+/m0/s1. The molecule has 4 nitrogen and oxygen atoms in total. The highest BCUT2D eigenvalue weighted by Crippen LogP contribution is 2.32. The summed E-state index contributed by atoms with van der Waals surface area (Å²) in [6.07, 6.45) is 0.277. The second-order valence-electron chi connectivity index (χ2n) is 6.83. The van der Waals surface area contributed by atoms with Crippen molar-refractivity contribution >= 4 is 11.6 Å². The predicted molar refractivity (Wildman–Crippen MR) is 103 cm³/mol. The highest BCUT2D eigenvalue weighted by atomic mass is 35.5. The van der Waals surface area contributed by atoms with Crippen LogP contribution in [-0.2, 0) is 19.5 Å². The van der Waals surface area contributed by atoms with E-state index in [1.807, 2.05) is 41.9 Å². The van der Waals surface area contributed by atoms with E-state index in [9.17, 15) is 5.11 Å². The van der Waals surface area contributed by atoms with Crippen molar-refractivity contribution in [2.75, 3.05) is 0 Å². The van der Waals surface area contributed by atoms with Crippen LogP contribution in [0.4, 0.5) is 0 Å². The van der Waals surface area contributed by atoms with Gasteiger partial charge in [0.15, 0.2) is 0 Å². The quantitative estimate of drug-likeness (QED) is 0.723. The van der Waals surface area contributed by atoms with E-state index in [0.717, 1.165) is 16.8 Å². The van der Waals surface area contributed by atoms with Crippen molar-refractivity contribution in [3.8, 4) is 0 Å². The van der Waals surface area contributed by atoms with Crippen LogP contribution in [0, 0.1) is 6.92 Å². The molecule has 2 aromatic carbocycles. The summed E-state index contributed by atoms with van der Waals surface area (Å²) in [7, 11) is 0. The molecule has 1 aromatic heterocycles. The van der Waals surface area contributed by atoms with Gasteiger partial charge in [0.25, 0.3) is 0 Å². The summed E-state index contributed by atoms with van der Waals surface area (Å²) in [4.78, 5) is 0. The first-order chi connectivity index (χ1) is 12.6. The van der Waals surface area contributed by atoms with Gasteiger partial charge in [0.2, 0.25) is 0 Å². The van der Waals surface area contributed by atoms with Crippen LogP contribution in [-0.4, -0.2) is 21.0 Å². The monoisotopic (exact) mass is 367 g/mol. The minimum absolute atomic E-state index is 0.0702. The highest BCUT2D eigenvalue weighted by molar-refractivity contribution is 6.30. The summed E-state index contributed by atoms with van der Waals surface area (Å²) in [5.74, 6) is 0. The third kappa shape index (κ3) is 3.28. The Morgan fingerprint density at radius 2 is 1.88 bits per heavy atom. The molecule has 0 saturated heterocycles. The summed E-state index contributed by atoms with van der Waals surface area (Å²) in [6.45, 7) is 3.20. The lowest BCUT2D eigenvalue weighted by atomic mass is 10.1. The predicted octanol–water partition coefficient (Wildman–Crippen LogP) is 3.64. The molecule has 0 spiro atoms. The normalized spacial score (nSPS) is 18.9. The Kier molecular flexibility index (Phi) is 4.81. The van der Waals surface area contributed by atoms with Gasteiger partial charge in [-0.05, 0) is 23.6 Å². The third-order valence-corrected chi connectivity index (χ3v) is 5.48. The zero-order chi connectivity index (χ0) is 18.1. The number of aromatic nitrogens is 2. The van der Waals surface area contributed by atoms with Crippen LogP contribution < -0.4 is 5.32 Å². The Morgan fingerprint density at radius 3 is 2.69 bits per heavy atom. The number of nitrogens with one attached hydrogen (secondary N) is 1. The van der Waals surface area contributed by atoms with Crippen LogP contribution in [0.1, 0.15) is 34.0 Å². The minimum Gasteiger partial charge on any atom is -0.391 e. The van der Waals surface area contributed by atoms with Crippen molar-refractivity contribution in [3.05, 3.63) is 87.7 Å². The van der Waals surface area contributed by atoms with Gasteiger partial charge in [-0.2, -0.15) is 5.10 Å². The minimum atomic E-state index is -0.411. The number of aryl methyl sites for hydroxylation is 1. The average Bonchev–Trinajstić information content (AvgIpc) is 3.10. The maximum Gasteiger partial charge on any atom is 0.132 e. The number of aliphatic hydroxyl groups excluding tert-OH is 1. The molecule has 4 rings (SSSR count). The maximum atomic E-state index is 10.4. The number of fused-ring (bicyclic) bond motifs is 1. The van der Waals surface area contributed by atoms with Crippen molar-refractivity contribution in [2.24, 2.45) is 0 Å². The molecule has 0 aliphatic heterocycles. The fraction of sp³-hybridized carbons (Fsp3) is 0.286. The molecule has 1 aliphatic rings. The van der Waals surface area contributed by atoms with Gasteiger partial charge < -0.3 is 10.4 Å². The molecule has 1 heterocycles. The first kappa shape index (κ1) is 17.3. The fourth-order valence-corrected chi connectivity index (χ4v) is 3.99. The van der Waals surface area contributed by atoms with Gasteiger partial charge in [-0.3, -0.25) is 0 Å². The zero-order valence-electron chi connectivity index (χ0n) is 14.7. The maximum absolute atomic E-state index is 10.4. The lowest BCUT2D eigenvalue weighted by Gasteiger charge is -2.18. The molecule has 0 fully saturated rings. The van der Waals surface area contributed by atoms with Crippen LogP contribution in [0.5, 0.6) is 0 Å². The number of rotatable bonds is 5. The van der Waals surface area contributed by atoms with Crippen LogP contribution in [0.25, 0.3) is 0 Å². The number of hydrogen-bond acceptors (Lipinski definition) is 3. The molecule has 0 saturated carbocycles. The highest BCUT2D eigenvalue weighted by Gasteiger charge is 2.30. The first-order valence-corrected chi connectivity index (χ1v) is 9.26. The van der Waals surface area contributed by atoms with Gasteiger partial charge in [-0.1, -0.05) is 66.2 Å². The van der Waals surface area contributed by atoms with E-state index in [1.165, 1.54) is 11.1 Å². The van der Waals surface area contributed by atoms with E-state index >= 15 is 0 Å². The molecular weight excluding hydrogens is 346 g/mol. The van der Waals surface area contributed by atoms with E-state index in [4.69, 9.17) is 11.6 Å². The molecule has 3 aromatic rings. The summed E-state index contributed by atoms with van der Waals surface area (Å²) >= 11 is 6.60. The number of benzene rings is 2. The van der Waals surface area contributed by atoms with Crippen molar-refractivity contribution in [3.63, 3.8) is 0 Å². The Hall–Kier alpha value is -2.14. The molecule has 2 atom stereocenters. The number of halogens is 1. The van der Waals surface area contributed by atoms with Crippen LogP contribution in [0.2, 0.25) is 5.15 Å². The van der Waals surface area contributed by atoms with Gasteiger partial charge in [0.05, 0.1) is 24.4 Å². The Labute approximate surface area is 158 Å². The topological polar surface area (TPSA) is 50.1 Å². The van der Waals surface area contributed by atoms with E-state index in [2.05, 4.69) is 34.7 Å². The van der Waals surface area contributed by atoms with Gasteiger partial charge >= 0.3 is 0 Å². The summed E-state index contributed by atoms with van der Waals surface area (Å²) < 4.78 is 1.84. The van der Waals surface area contributed by atoms with Crippen LogP contribution >= 0.6 is 11.6 Å². The Balaban J connectivity index is 1.51. The molecule has 0 unspecified atom stereocenters. The lowest BCUT2D eigenvalue weighted by molar-refractivity contribution is 0.140. The largest absolute Gasteiger partial charge is 0.391 e. The fourth-order valence-electron chi connectivity index (χ4n) is 3.68. The Bertz CT molecular complexity index is 907. The molecule has 26 heavy (non-hydrogen) atoms. The molecule has 0 bridgehead atoms.